The van der Waals surface area contributed by atoms with E-state index in [0.29, 0.717) is 41.2 Å². The van der Waals surface area contributed by atoms with Gasteiger partial charge in [-0.05, 0) is 71.8 Å². The molecule has 10 heteroatoms. The minimum atomic E-state index is -0.581. The van der Waals surface area contributed by atoms with Crippen LogP contribution in [0.3, 0.4) is 0 Å². The molecule has 9 nitrogen and oxygen atoms in total. The zero-order valence-corrected chi connectivity index (χ0v) is 21.6. The van der Waals surface area contributed by atoms with Gasteiger partial charge in [0, 0.05) is 17.5 Å². The Morgan fingerprint density at radius 1 is 1.17 bits per heavy atom. The van der Waals surface area contributed by atoms with Gasteiger partial charge in [-0.3, -0.25) is 14.9 Å². The highest BCUT2D eigenvalue weighted by Gasteiger charge is 2.15. The number of nitro benzene ring substituents is 1. The van der Waals surface area contributed by atoms with E-state index in [1.165, 1.54) is 30.5 Å². The van der Waals surface area contributed by atoms with E-state index in [4.69, 9.17) is 13.9 Å². The fourth-order valence-electron chi connectivity index (χ4n) is 3.50. The summed E-state index contributed by atoms with van der Waals surface area (Å²) in [6, 6.07) is 17.3. The molecule has 0 bridgehead atoms. The van der Waals surface area contributed by atoms with Gasteiger partial charge >= 0.3 is 5.91 Å². The number of non-ortho nitro benzene ring substituents is 1. The van der Waals surface area contributed by atoms with Gasteiger partial charge in [0.15, 0.2) is 17.3 Å². The van der Waals surface area contributed by atoms with Crippen LogP contribution < -0.4 is 14.9 Å². The number of aryl methyl sites for hydroxylation is 1. The van der Waals surface area contributed by atoms with Crippen molar-refractivity contribution in [2.45, 2.75) is 20.5 Å². The lowest BCUT2D eigenvalue weighted by Gasteiger charge is -2.15. The van der Waals surface area contributed by atoms with Crippen molar-refractivity contribution < 1.29 is 23.6 Å². The summed E-state index contributed by atoms with van der Waals surface area (Å²) in [6.07, 6.45) is 1.49. The normalized spacial score (nSPS) is 11.1. The van der Waals surface area contributed by atoms with Crippen LogP contribution in [0.1, 0.15) is 34.2 Å². The van der Waals surface area contributed by atoms with Gasteiger partial charge in [0.1, 0.15) is 12.2 Å². The summed E-state index contributed by atoms with van der Waals surface area (Å²) in [7, 11) is 0. The molecule has 0 fully saturated rings. The van der Waals surface area contributed by atoms with Crippen molar-refractivity contribution in [3.05, 3.63) is 96.8 Å². The summed E-state index contributed by atoms with van der Waals surface area (Å²) in [5.74, 6) is 0.621. The Morgan fingerprint density at radius 2 is 2.00 bits per heavy atom. The monoisotopic (exact) mass is 599 g/mol. The van der Waals surface area contributed by atoms with Crippen LogP contribution in [0.5, 0.6) is 11.5 Å². The molecule has 184 valence electrons. The van der Waals surface area contributed by atoms with Crippen molar-refractivity contribution in [1.82, 2.24) is 5.43 Å². The molecular formula is C26H22IN3O6. The minimum Gasteiger partial charge on any atom is -0.490 e. The first-order valence-electron chi connectivity index (χ1n) is 11.0. The molecule has 1 heterocycles. The predicted octanol–water partition coefficient (Wildman–Crippen LogP) is 6.00. The number of hydrazone groups is 1. The highest BCUT2D eigenvalue weighted by molar-refractivity contribution is 14.1. The first kappa shape index (κ1) is 25.2. The molecule has 0 aliphatic carbocycles. The Kier molecular flexibility index (Phi) is 7.84. The third-order valence-electron chi connectivity index (χ3n) is 5.11. The minimum absolute atomic E-state index is 0.00729. The lowest BCUT2D eigenvalue weighted by Crippen LogP contribution is -2.16. The molecule has 0 atom stereocenters. The van der Waals surface area contributed by atoms with E-state index in [1.54, 1.807) is 6.07 Å². The van der Waals surface area contributed by atoms with Crippen LogP contribution in [0.4, 0.5) is 5.69 Å². The fourth-order valence-corrected chi connectivity index (χ4v) is 4.28. The summed E-state index contributed by atoms with van der Waals surface area (Å²) >= 11 is 2.17. The Bertz CT molecular complexity index is 1460. The summed E-state index contributed by atoms with van der Waals surface area (Å²) in [6.45, 7) is 4.78. The number of rotatable bonds is 9. The maximum absolute atomic E-state index is 12.5. The van der Waals surface area contributed by atoms with Gasteiger partial charge in [0.25, 0.3) is 5.69 Å². The second-order valence-corrected chi connectivity index (χ2v) is 8.99. The van der Waals surface area contributed by atoms with Crippen molar-refractivity contribution in [2.24, 2.45) is 5.10 Å². The van der Waals surface area contributed by atoms with E-state index in [-0.39, 0.29) is 11.4 Å². The van der Waals surface area contributed by atoms with Gasteiger partial charge in [-0.2, -0.15) is 5.10 Å². The molecule has 4 rings (SSSR count). The van der Waals surface area contributed by atoms with E-state index in [9.17, 15) is 14.9 Å². The van der Waals surface area contributed by atoms with Gasteiger partial charge in [-0.25, -0.2) is 5.43 Å². The highest BCUT2D eigenvalue weighted by atomic mass is 127. The van der Waals surface area contributed by atoms with E-state index in [1.807, 2.05) is 38.1 Å². The molecule has 1 aromatic heterocycles. The predicted molar refractivity (Wildman–Crippen MR) is 144 cm³/mol. The molecule has 0 saturated carbocycles. The first-order chi connectivity index (χ1) is 17.3. The number of carbonyl (C=O) groups excluding carboxylic acids is 1. The summed E-state index contributed by atoms with van der Waals surface area (Å²) in [4.78, 5) is 22.9. The van der Waals surface area contributed by atoms with Gasteiger partial charge in [0.05, 0.1) is 21.3 Å². The van der Waals surface area contributed by atoms with Gasteiger partial charge in [-0.1, -0.05) is 29.8 Å². The van der Waals surface area contributed by atoms with E-state index < -0.39 is 10.8 Å². The number of nitro groups is 1. The fraction of sp³-hybridized carbons (Fsp3) is 0.154. The quantitative estimate of drug-likeness (QED) is 0.109. The number of nitrogens with one attached hydrogen (secondary N) is 1. The topological polar surface area (TPSA) is 116 Å². The number of ether oxygens (including phenoxy) is 2. The molecule has 1 N–H and O–H groups in total. The number of benzene rings is 3. The summed E-state index contributed by atoms with van der Waals surface area (Å²) in [5, 5.41) is 15.4. The molecular weight excluding hydrogens is 577 g/mol. The Morgan fingerprint density at radius 3 is 2.75 bits per heavy atom. The molecule has 1 amide bonds. The summed E-state index contributed by atoms with van der Waals surface area (Å²) < 4.78 is 18.2. The number of halogens is 1. The lowest BCUT2D eigenvalue weighted by molar-refractivity contribution is -0.384. The highest BCUT2D eigenvalue weighted by Crippen LogP contribution is 2.34. The van der Waals surface area contributed by atoms with Crippen molar-refractivity contribution in [1.29, 1.82) is 0 Å². The summed E-state index contributed by atoms with van der Waals surface area (Å²) in [5.41, 5.74) is 5.61. The maximum Gasteiger partial charge on any atom is 0.307 e. The molecule has 36 heavy (non-hydrogen) atoms. The number of amides is 1. The standard InChI is InChI=1S/C26H22IN3O6/c1-3-34-23-11-18(10-21(27)25(23)35-15-17-6-4-5-16(2)9-17)14-28-29-26(31)24-13-19-12-20(30(32)33)7-8-22(19)36-24/h4-14H,3,15H2,1-2H3,(H,29,31)/b28-14-. The number of hydrogen-bond acceptors (Lipinski definition) is 7. The SMILES string of the molecule is CCOc1cc(/C=N\NC(=O)c2cc3cc([N+](=O)[O-])ccc3o2)cc(I)c1OCc1cccc(C)c1. The molecule has 0 aliphatic rings. The number of hydrogen-bond donors (Lipinski definition) is 1. The third kappa shape index (κ3) is 6.00. The number of nitrogens with zero attached hydrogens (tertiary/aromatic N) is 2. The van der Waals surface area contributed by atoms with E-state index in [2.05, 4.69) is 39.2 Å². The van der Waals surface area contributed by atoms with Gasteiger partial charge < -0.3 is 13.9 Å². The van der Waals surface area contributed by atoms with E-state index in [0.717, 1.165) is 14.7 Å². The molecule has 0 aliphatic heterocycles. The number of carbonyl (C=O) groups is 1. The lowest BCUT2D eigenvalue weighted by atomic mass is 10.1. The van der Waals surface area contributed by atoms with Crippen LogP contribution in [0, 0.1) is 20.6 Å². The average molecular weight is 599 g/mol. The van der Waals surface area contributed by atoms with E-state index >= 15 is 0 Å². The Hall–Kier alpha value is -3.93. The van der Waals surface area contributed by atoms with Crippen LogP contribution in [-0.4, -0.2) is 23.7 Å². The van der Waals surface area contributed by atoms with Crippen LogP contribution >= 0.6 is 22.6 Å². The molecule has 0 saturated heterocycles. The van der Waals surface area contributed by atoms with Crippen LogP contribution in [0.2, 0.25) is 0 Å². The molecule has 0 radical (unpaired) electrons. The first-order valence-corrected chi connectivity index (χ1v) is 12.1. The zero-order chi connectivity index (χ0) is 25.7. The van der Waals surface area contributed by atoms with Crippen LogP contribution in [0.25, 0.3) is 11.0 Å². The second kappa shape index (κ2) is 11.2. The molecule has 4 aromatic rings. The van der Waals surface area contributed by atoms with Crippen molar-refractivity contribution in [2.75, 3.05) is 6.61 Å². The Balaban J connectivity index is 1.46. The van der Waals surface area contributed by atoms with Crippen molar-refractivity contribution >= 4 is 51.4 Å². The van der Waals surface area contributed by atoms with Crippen molar-refractivity contribution in [3.63, 3.8) is 0 Å². The van der Waals surface area contributed by atoms with Crippen LogP contribution in [-0.2, 0) is 6.61 Å². The average Bonchev–Trinajstić information content (AvgIpc) is 3.27. The van der Waals surface area contributed by atoms with Crippen molar-refractivity contribution in [3.8, 4) is 11.5 Å². The Labute approximate surface area is 220 Å². The molecule has 3 aromatic carbocycles. The zero-order valence-electron chi connectivity index (χ0n) is 19.5. The third-order valence-corrected chi connectivity index (χ3v) is 5.91. The molecule has 0 spiro atoms. The second-order valence-electron chi connectivity index (χ2n) is 7.83. The molecule has 0 unspecified atom stereocenters. The maximum atomic E-state index is 12.5. The van der Waals surface area contributed by atoms with Gasteiger partial charge in [-0.15, -0.1) is 0 Å². The smallest absolute Gasteiger partial charge is 0.307 e. The van der Waals surface area contributed by atoms with Crippen LogP contribution in [0.15, 0.2) is 70.2 Å². The number of furan rings is 1. The number of fused-ring (bicyclic) bond motifs is 1. The van der Waals surface area contributed by atoms with Gasteiger partial charge in [0.2, 0.25) is 0 Å². The largest absolute Gasteiger partial charge is 0.490 e.